The van der Waals surface area contributed by atoms with Gasteiger partial charge in [0.05, 0.1) is 5.52 Å². The highest BCUT2D eigenvalue weighted by Gasteiger charge is 2.03. The molecule has 0 aliphatic rings. The Hall–Kier alpha value is -1.23. The predicted octanol–water partition coefficient (Wildman–Crippen LogP) is 1.68. The molecular formula is C8H7BrN4. The molecule has 0 fully saturated rings. The van der Waals surface area contributed by atoms with E-state index in [-0.39, 0.29) is 0 Å². The van der Waals surface area contributed by atoms with Gasteiger partial charge in [-0.15, -0.1) is 10.2 Å². The van der Waals surface area contributed by atoms with Crippen LogP contribution in [0.15, 0.2) is 16.6 Å². The lowest BCUT2D eigenvalue weighted by molar-refractivity contribution is 0.902. The van der Waals surface area contributed by atoms with Crippen LogP contribution in [0.2, 0.25) is 0 Å². The molecule has 0 bridgehead atoms. The Bertz CT molecular complexity index is 469. The number of hydrogen-bond donors (Lipinski definition) is 1. The highest BCUT2D eigenvalue weighted by molar-refractivity contribution is 9.10. The van der Waals surface area contributed by atoms with Crippen molar-refractivity contribution in [3.8, 4) is 0 Å². The summed E-state index contributed by atoms with van der Waals surface area (Å²) in [5, 5.41) is 11.9. The van der Waals surface area contributed by atoms with E-state index >= 15 is 0 Å². The molecule has 0 saturated carbocycles. The molecule has 4 nitrogen and oxygen atoms in total. The lowest BCUT2D eigenvalue weighted by Gasteiger charge is -2.01. The summed E-state index contributed by atoms with van der Waals surface area (Å²) in [6.45, 7) is 1.99. The number of benzene rings is 1. The molecule has 0 amide bonds. The Morgan fingerprint density at radius 1 is 1.31 bits per heavy atom. The molecule has 5 heteroatoms. The van der Waals surface area contributed by atoms with Gasteiger partial charge in [0.15, 0.2) is 5.82 Å². The van der Waals surface area contributed by atoms with Crippen LogP contribution in [-0.2, 0) is 0 Å². The van der Waals surface area contributed by atoms with Crippen molar-refractivity contribution in [2.24, 2.45) is 0 Å². The van der Waals surface area contributed by atoms with E-state index in [0.29, 0.717) is 5.82 Å². The van der Waals surface area contributed by atoms with Crippen molar-refractivity contribution in [1.29, 1.82) is 0 Å². The number of nitrogens with two attached hydrogens (primary N) is 1. The molecule has 2 N–H and O–H groups in total. The number of aryl methyl sites for hydroxylation is 1. The van der Waals surface area contributed by atoms with Gasteiger partial charge in [-0.1, -0.05) is 15.9 Å². The number of nitrogen functional groups attached to an aromatic ring is 1. The molecule has 2 rings (SSSR count). The molecular weight excluding hydrogens is 232 g/mol. The van der Waals surface area contributed by atoms with Gasteiger partial charge in [-0.05, 0) is 29.8 Å². The van der Waals surface area contributed by atoms with Crippen molar-refractivity contribution < 1.29 is 0 Å². The van der Waals surface area contributed by atoms with Gasteiger partial charge in [0, 0.05) is 9.86 Å². The number of nitrogens with zero attached hydrogens (tertiary/aromatic N) is 3. The number of hydrogen-bond acceptors (Lipinski definition) is 4. The molecule has 0 saturated heterocycles. The van der Waals surface area contributed by atoms with Gasteiger partial charge in [0.25, 0.3) is 0 Å². The molecule has 0 spiro atoms. The second-order valence-corrected chi connectivity index (χ2v) is 3.65. The number of aromatic nitrogens is 3. The predicted molar refractivity (Wildman–Crippen MR) is 54.2 cm³/mol. The fourth-order valence-corrected chi connectivity index (χ4v) is 1.46. The van der Waals surface area contributed by atoms with E-state index < -0.39 is 0 Å². The Balaban J connectivity index is 2.89. The normalized spacial score (nSPS) is 10.6. The van der Waals surface area contributed by atoms with Crippen LogP contribution in [0.4, 0.5) is 5.82 Å². The SMILES string of the molecule is Cc1cc2c(N)nnnc2cc1Br. The van der Waals surface area contributed by atoms with Gasteiger partial charge in [-0.3, -0.25) is 0 Å². The van der Waals surface area contributed by atoms with E-state index in [1.807, 2.05) is 19.1 Å². The Kier molecular flexibility index (Phi) is 1.88. The number of halogens is 1. The first kappa shape index (κ1) is 8.37. The average molecular weight is 239 g/mol. The molecule has 0 aliphatic carbocycles. The maximum Gasteiger partial charge on any atom is 0.157 e. The average Bonchev–Trinajstić information content (AvgIpc) is 2.09. The van der Waals surface area contributed by atoms with Crippen LogP contribution in [0.1, 0.15) is 5.56 Å². The second-order valence-electron chi connectivity index (χ2n) is 2.79. The van der Waals surface area contributed by atoms with Crippen molar-refractivity contribution in [3.63, 3.8) is 0 Å². The van der Waals surface area contributed by atoms with E-state index in [0.717, 1.165) is 20.9 Å². The van der Waals surface area contributed by atoms with E-state index in [1.165, 1.54) is 0 Å². The summed E-state index contributed by atoms with van der Waals surface area (Å²) in [7, 11) is 0. The highest BCUT2D eigenvalue weighted by atomic mass is 79.9. The smallest absolute Gasteiger partial charge is 0.157 e. The van der Waals surface area contributed by atoms with E-state index in [1.54, 1.807) is 0 Å². The third kappa shape index (κ3) is 1.35. The van der Waals surface area contributed by atoms with Crippen molar-refractivity contribution in [1.82, 2.24) is 15.4 Å². The molecule has 1 heterocycles. The van der Waals surface area contributed by atoms with Gasteiger partial charge in [-0.25, -0.2) is 0 Å². The summed E-state index contributed by atoms with van der Waals surface area (Å²) >= 11 is 3.41. The zero-order valence-corrected chi connectivity index (χ0v) is 8.54. The lowest BCUT2D eigenvalue weighted by atomic mass is 10.2. The van der Waals surface area contributed by atoms with Gasteiger partial charge in [0.1, 0.15) is 0 Å². The molecule has 0 unspecified atom stereocenters. The minimum atomic E-state index is 0.417. The van der Waals surface area contributed by atoms with E-state index in [2.05, 4.69) is 31.3 Å². The lowest BCUT2D eigenvalue weighted by Crippen LogP contribution is -1.97. The molecule has 1 aromatic carbocycles. The molecule has 2 aromatic rings. The third-order valence-electron chi connectivity index (χ3n) is 1.86. The Morgan fingerprint density at radius 3 is 2.85 bits per heavy atom. The van der Waals surface area contributed by atoms with Crippen molar-refractivity contribution in [2.75, 3.05) is 5.73 Å². The fourth-order valence-electron chi connectivity index (χ4n) is 1.13. The summed E-state index contributed by atoms with van der Waals surface area (Å²) in [4.78, 5) is 0. The van der Waals surface area contributed by atoms with Crippen LogP contribution in [0.3, 0.4) is 0 Å². The van der Waals surface area contributed by atoms with Crippen molar-refractivity contribution in [2.45, 2.75) is 6.92 Å². The third-order valence-corrected chi connectivity index (χ3v) is 2.71. The molecule has 1 aromatic heterocycles. The topological polar surface area (TPSA) is 64.7 Å². The molecule has 13 heavy (non-hydrogen) atoms. The zero-order chi connectivity index (χ0) is 9.42. The minimum absolute atomic E-state index is 0.417. The largest absolute Gasteiger partial charge is 0.382 e. The first-order valence-electron chi connectivity index (χ1n) is 3.73. The summed E-state index contributed by atoms with van der Waals surface area (Å²) in [5.74, 6) is 0.417. The minimum Gasteiger partial charge on any atom is -0.382 e. The first-order valence-corrected chi connectivity index (χ1v) is 4.52. The monoisotopic (exact) mass is 238 g/mol. The van der Waals surface area contributed by atoms with Crippen molar-refractivity contribution in [3.05, 3.63) is 22.2 Å². The Morgan fingerprint density at radius 2 is 2.08 bits per heavy atom. The van der Waals surface area contributed by atoms with E-state index in [9.17, 15) is 0 Å². The first-order chi connectivity index (χ1) is 6.18. The molecule has 66 valence electrons. The second kappa shape index (κ2) is 2.92. The molecule has 0 aliphatic heterocycles. The molecule has 0 atom stereocenters. The van der Waals surface area contributed by atoms with Crippen LogP contribution >= 0.6 is 15.9 Å². The fraction of sp³-hybridized carbons (Fsp3) is 0.125. The quantitative estimate of drug-likeness (QED) is 0.759. The summed E-state index contributed by atoms with van der Waals surface area (Å²) < 4.78 is 1.000. The highest BCUT2D eigenvalue weighted by Crippen LogP contribution is 2.24. The maximum atomic E-state index is 5.65. The molecule has 0 radical (unpaired) electrons. The number of rotatable bonds is 0. The van der Waals surface area contributed by atoms with Gasteiger partial charge in [0.2, 0.25) is 0 Å². The summed E-state index contributed by atoms with van der Waals surface area (Å²) in [5.41, 5.74) is 7.51. The Labute approximate surface area is 83.3 Å². The van der Waals surface area contributed by atoms with Gasteiger partial charge < -0.3 is 5.73 Å². The zero-order valence-electron chi connectivity index (χ0n) is 6.95. The van der Waals surface area contributed by atoms with E-state index in [4.69, 9.17) is 5.73 Å². The number of anilines is 1. The standard InChI is InChI=1S/C8H7BrN4/c1-4-2-5-7(3-6(4)9)11-13-12-8(5)10/h2-3H,1H3,(H2,10,11,12). The van der Waals surface area contributed by atoms with Gasteiger partial charge in [-0.2, -0.15) is 0 Å². The van der Waals surface area contributed by atoms with Crippen molar-refractivity contribution >= 4 is 32.7 Å². The maximum absolute atomic E-state index is 5.65. The van der Waals surface area contributed by atoms with Crippen LogP contribution in [0.25, 0.3) is 10.9 Å². The summed E-state index contributed by atoms with van der Waals surface area (Å²) in [6, 6.07) is 3.83. The number of fused-ring (bicyclic) bond motifs is 1. The summed E-state index contributed by atoms with van der Waals surface area (Å²) in [6.07, 6.45) is 0. The van der Waals surface area contributed by atoms with Crippen LogP contribution < -0.4 is 5.73 Å². The van der Waals surface area contributed by atoms with Gasteiger partial charge >= 0.3 is 0 Å². The van der Waals surface area contributed by atoms with Crippen LogP contribution in [0.5, 0.6) is 0 Å². The van der Waals surface area contributed by atoms with Crippen LogP contribution in [0, 0.1) is 6.92 Å². The van der Waals surface area contributed by atoms with Crippen LogP contribution in [-0.4, -0.2) is 15.4 Å².